The zero-order valence-electron chi connectivity index (χ0n) is 15.2. The van der Waals surface area contributed by atoms with Crippen LogP contribution in [0.4, 0.5) is 0 Å². The van der Waals surface area contributed by atoms with Gasteiger partial charge in [-0.1, -0.05) is 24.3 Å². The summed E-state index contributed by atoms with van der Waals surface area (Å²) in [4.78, 5) is 12.2. The van der Waals surface area contributed by atoms with E-state index in [-0.39, 0.29) is 24.2 Å². The molecule has 1 N–H and O–H groups in total. The maximum absolute atomic E-state index is 12.2. The first kappa shape index (κ1) is 17.8. The van der Waals surface area contributed by atoms with Crippen molar-refractivity contribution >= 4 is 5.91 Å². The zero-order valence-corrected chi connectivity index (χ0v) is 15.2. The second-order valence-electron chi connectivity index (χ2n) is 7.09. The van der Waals surface area contributed by atoms with Crippen LogP contribution >= 0.6 is 0 Å². The number of para-hydroxylation sites is 1. The molecule has 0 saturated heterocycles. The molecule has 0 spiro atoms. The maximum Gasteiger partial charge on any atom is 0.258 e. The summed E-state index contributed by atoms with van der Waals surface area (Å²) in [5.74, 6) is 1.11. The van der Waals surface area contributed by atoms with E-state index in [1.54, 1.807) is 12.1 Å². The molecule has 0 aliphatic carbocycles. The second kappa shape index (κ2) is 7.09. The first-order chi connectivity index (χ1) is 12.4. The highest BCUT2D eigenvalue weighted by Crippen LogP contribution is 2.41. The summed E-state index contributed by atoms with van der Waals surface area (Å²) < 4.78 is 11.6. The van der Waals surface area contributed by atoms with E-state index in [0.717, 1.165) is 23.3 Å². The number of benzene rings is 2. The molecule has 1 amide bonds. The van der Waals surface area contributed by atoms with E-state index >= 15 is 0 Å². The molecule has 2 aromatic carbocycles. The molecule has 1 aliphatic rings. The zero-order chi connectivity index (χ0) is 18.7. The standard InChI is InChI=1S/C21H22N2O3/c1-14(16-9-7-15(12-22)8-10-16)23-19(24)13-25-18-6-4-5-17-11-21(2,3)26-20(17)18/h4-10,14H,11,13H2,1-3H3,(H,23,24). The van der Waals surface area contributed by atoms with Crippen LogP contribution in [0.1, 0.15) is 43.5 Å². The average Bonchev–Trinajstić information content (AvgIpc) is 2.94. The van der Waals surface area contributed by atoms with Gasteiger partial charge >= 0.3 is 0 Å². The summed E-state index contributed by atoms with van der Waals surface area (Å²) >= 11 is 0. The Balaban J connectivity index is 1.58. The van der Waals surface area contributed by atoms with E-state index in [0.29, 0.717) is 11.3 Å². The van der Waals surface area contributed by atoms with E-state index in [4.69, 9.17) is 14.7 Å². The van der Waals surface area contributed by atoms with Gasteiger partial charge in [0.2, 0.25) is 0 Å². The highest BCUT2D eigenvalue weighted by atomic mass is 16.5. The molecule has 5 nitrogen and oxygen atoms in total. The van der Waals surface area contributed by atoms with Crippen LogP contribution in [0.3, 0.4) is 0 Å². The number of ether oxygens (including phenoxy) is 2. The molecule has 134 valence electrons. The van der Waals surface area contributed by atoms with E-state index in [1.165, 1.54) is 0 Å². The molecule has 0 bridgehead atoms. The Morgan fingerprint density at radius 1 is 1.31 bits per heavy atom. The summed E-state index contributed by atoms with van der Waals surface area (Å²) in [6.07, 6.45) is 0.821. The van der Waals surface area contributed by atoms with Gasteiger partial charge in [-0.3, -0.25) is 4.79 Å². The Labute approximate surface area is 153 Å². The summed E-state index contributed by atoms with van der Waals surface area (Å²) in [5.41, 5.74) is 2.37. The van der Waals surface area contributed by atoms with E-state index in [2.05, 4.69) is 11.4 Å². The van der Waals surface area contributed by atoms with Crippen molar-refractivity contribution in [3.63, 3.8) is 0 Å². The lowest BCUT2D eigenvalue weighted by molar-refractivity contribution is -0.123. The number of nitriles is 1. The topological polar surface area (TPSA) is 71.3 Å². The van der Waals surface area contributed by atoms with Gasteiger partial charge in [0.05, 0.1) is 17.7 Å². The Morgan fingerprint density at radius 3 is 2.73 bits per heavy atom. The number of nitrogens with one attached hydrogen (secondary N) is 1. The van der Waals surface area contributed by atoms with Crippen molar-refractivity contribution in [2.75, 3.05) is 6.61 Å². The molecule has 5 heteroatoms. The molecule has 26 heavy (non-hydrogen) atoms. The van der Waals surface area contributed by atoms with Gasteiger partial charge in [-0.2, -0.15) is 5.26 Å². The summed E-state index contributed by atoms with van der Waals surface area (Å²) in [6.45, 7) is 5.87. The van der Waals surface area contributed by atoms with Crippen LogP contribution in [0.5, 0.6) is 11.5 Å². The fourth-order valence-corrected chi connectivity index (χ4v) is 3.06. The Bertz CT molecular complexity index is 851. The first-order valence-corrected chi connectivity index (χ1v) is 8.61. The van der Waals surface area contributed by atoms with Crippen molar-refractivity contribution in [3.05, 3.63) is 59.2 Å². The van der Waals surface area contributed by atoms with Crippen LogP contribution in [-0.2, 0) is 11.2 Å². The monoisotopic (exact) mass is 350 g/mol. The summed E-state index contributed by atoms with van der Waals surface area (Å²) in [6, 6.07) is 14.8. The molecule has 0 fully saturated rings. The smallest absolute Gasteiger partial charge is 0.258 e. The molecule has 2 aromatic rings. The van der Waals surface area contributed by atoms with Gasteiger partial charge in [0.1, 0.15) is 5.60 Å². The Morgan fingerprint density at radius 2 is 2.04 bits per heavy atom. The fraction of sp³-hybridized carbons (Fsp3) is 0.333. The van der Waals surface area contributed by atoms with Gasteiger partial charge in [-0.05, 0) is 44.5 Å². The third-order valence-corrected chi connectivity index (χ3v) is 4.33. The highest BCUT2D eigenvalue weighted by molar-refractivity contribution is 5.78. The SMILES string of the molecule is CC(NC(=O)COc1cccc2c1OC(C)(C)C2)c1ccc(C#N)cc1. The lowest BCUT2D eigenvalue weighted by Gasteiger charge is -2.18. The molecule has 0 saturated carbocycles. The van der Waals surface area contributed by atoms with Crippen molar-refractivity contribution in [2.45, 2.75) is 38.8 Å². The second-order valence-corrected chi connectivity index (χ2v) is 7.09. The Hall–Kier alpha value is -3.00. The molecular weight excluding hydrogens is 328 g/mol. The fourth-order valence-electron chi connectivity index (χ4n) is 3.06. The molecule has 1 atom stereocenters. The van der Waals surface area contributed by atoms with Crippen molar-refractivity contribution < 1.29 is 14.3 Å². The summed E-state index contributed by atoms with van der Waals surface area (Å²) in [5, 5.41) is 11.7. The van der Waals surface area contributed by atoms with E-state index in [1.807, 2.05) is 51.1 Å². The number of rotatable bonds is 5. The molecule has 1 heterocycles. The lowest BCUT2D eigenvalue weighted by Crippen LogP contribution is -2.31. The van der Waals surface area contributed by atoms with Crippen LogP contribution in [0.2, 0.25) is 0 Å². The van der Waals surface area contributed by atoms with Gasteiger partial charge < -0.3 is 14.8 Å². The number of nitrogens with zero attached hydrogens (tertiary/aromatic N) is 1. The number of amides is 1. The normalized spacial score (nSPS) is 15.3. The predicted octanol–water partition coefficient (Wildman–Crippen LogP) is 3.53. The van der Waals surface area contributed by atoms with Crippen molar-refractivity contribution in [3.8, 4) is 17.6 Å². The number of carbonyl (C=O) groups excluding carboxylic acids is 1. The number of carbonyl (C=O) groups is 1. The molecular formula is C21H22N2O3. The van der Waals surface area contributed by atoms with Crippen LogP contribution in [0, 0.1) is 11.3 Å². The van der Waals surface area contributed by atoms with Gasteiger partial charge in [-0.25, -0.2) is 0 Å². The minimum atomic E-state index is -0.256. The molecule has 1 unspecified atom stereocenters. The predicted molar refractivity (Wildman–Crippen MR) is 98.1 cm³/mol. The third kappa shape index (κ3) is 3.97. The minimum Gasteiger partial charge on any atom is -0.483 e. The first-order valence-electron chi connectivity index (χ1n) is 8.61. The third-order valence-electron chi connectivity index (χ3n) is 4.33. The van der Waals surface area contributed by atoms with E-state index in [9.17, 15) is 4.79 Å². The van der Waals surface area contributed by atoms with Crippen LogP contribution < -0.4 is 14.8 Å². The number of fused-ring (bicyclic) bond motifs is 1. The average molecular weight is 350 g/mol. The minimum absolute atomic E-state index is 0.0825. The largest absolute Gasteiger partial charge is 0.483 e. The lowest BCUT2D eigenvalue weighted by atomic mass is 10.0. The van der Waals surface area contributed by atoms with Crippen LogP contribution in [0.25, 0.3) is 0 Å². The van der Waals surface area contributed by atoms with Crippen LogP contribution in [-0.4, -0.2) is 18.1 Å². The molecule has 0 radical (unpaired) electrons. The molecule has 0 aromatic heterocycles. The Kier molecular flexibility index (Phi) is 4.85. The number of hydrogen-bond acceptors (Lipinski definition) is 4. The number of hydrogen-bond donors (Lipinski definition) is 1. The quantitative estimate of drug-likeness (QED) is 0.895. The van der Waals surface area contributed by atoms with Crippen molar-refractivity contribution in [2.24, 2.45) is 0 Å². The molecule has 3 rings (SSSR count). The maximum atomic E-state index is 12.2. The molecule has 1 aliphatic heterocycles. The summed E-state index contributed by atoms with van der Waals surface area (Å²) in [7, 11) is 0. The highest BCUT2D eigenvalue weighted by Gasteiger charge is 2.32. The van der Waals surface area contributed by atoms with E-state index < -0.39 is 0 Å². The van der Waals surface area contributed by atoms with Gasteiger partial charge in [-0.15, -0.1) is 0 Å². The van der Waals surface area contributed by atoms with Gasteiger partial charge in [0.15, 0.2) is 18.1 Å². The van der Waals surface area contributed by atoms with Gasteiger partial charge in [0.25, 0.3) is 5.91 Å². The van der Waals surface area contributed by atoms with Crippen LogP contribution in [0.15, 0.2) is 42.5 Å². The van der Waals surface area contributed by atoms with Crippen molar-refractivity contribution in [1.82, 2.24) is 5.32 Å². The van der Waals surface area contributed by atoms with Gasteiger partial charge in [0, 0.05) is 12.0 Å². The van der Waals surface area contributed by atoms with Crippen molar-refractivity contribution in [1.29, 1.82) is 5.26 Å².